The zero-order valence-electron chi connectivity index (χ0n) is 15.1. The smallest absolute Gasteiger partial charge is 0.318 e. The first-order valence-electron chi connectivity index (χ1n) is 8.47. The first kappa shape index (κ1) is 21.2. The molecule has 23 heavy (non-hydrogen) atoms. The Hall–Kier alpha value is -1.79. The summed E-state index contributed by atoms with van der Waals surface area (Å²) in [7, 11) is 0. The van der Waals surface area contributed by atoms with Crippen LogP contribution in [0.4, 0.5) is 4.79 Å². The number of amides is 4. The van der Waals surface area contributed by atoms with E-state index in [1.165, 1.54) is 4.90 Å². The fraction of sp³-hybridized carbons (Fsp3) is 0.812. The normalized spacial score (nSPS) is 11.7. The molecule has 134 valence electrons. The summed E-state index contributed by atoms with van der Waals surface area (Å²) in [6.45, 7) is 11.1. The number of carbonyl (C=O) groups excluding carboxylic acids is 3. The van der Waals surface area contributed by atoms with Crippen molar-refractivity contribution in [1.82, 2.24) is 20.9 Å². The third-order valence-corrected chi connectivity index (χ3v) is 3.27. The molecule has 4 amide bonds. The molecule has 0 aliphatic carbocycles. The topological polar surface area (TPSA) is 90.5 Å². The van der Waals surface area contributed by atoms with E-state index in [9.17, 15) is 14.4 Å². The maximum Gasteiger partial charge on any atom is 0.318 e. The second kappa shape index (κ2) is 11.7. The highest BCUT2D eigenvalue weighted by Gasteiger charge is 2.26. The molecule has 0 aromatic heterocycles. The zero-order valence-corrected chi connectivity index (χ0v) is 15.1. The summed E-state index contributed by atoms with van der Waals surface area (Å²) in [6, 6.07) is -0.996. The Bertz CT molecular complexity index is 386. The lowest BCUT2D eigenvalue weighted by atomic mass is 10.0. The molecule has 0 saturated carbocycles. The van der Waals surface area contributed by atoms with Gasteiger partial charge in [-0.25, -0.2) is 4.79 Å². The first-order valence-corrected chi connectivity index (χ1v) is 8.47. The molecular formula is C16H32N4O3. The van der Waals surface area contributed by atoms with Gasteiger partial charge in [-0.15, -0.1) is 0 Å². The van der Waals surface area contributed by atoms with E-state index in [1.807, 2.05) is 34.6 Å². The molecule has 0 aromatic rings. The Kier molecular flexibility index (Phi) is 10.8. The van der Waals surface area contributed by atoms with Gasteiger partial charge < -0.3 is 20.9 Å². The van der Waals surface area contributed by atoms with E-state index in [4.69, 9.17) is 0 Å². The maximum atomic E-state index is 12.4. The van der Waals surface area contributed by atoms with E-state index in [0.29, 0.717) is 19.6 Å². The van der Waals surface area contributed by atoms with Crippen LogP contribution in [0.15, 0.2) is 0 Å². The number of hydrogen-bond donors (Lipinski definition) is 3. The van der Waals surface area contributed by atoms with Crippen molar-refractivity contribution in [3.8, 4) is 0 Å². The van der Waals surface area contributed by atoms with Crippen molar-refractivity contribution in [3.05, 3.63) is 0 Å². The maximum absolute atomic E-state index is 12.4. The van der Waals surface area contributed by atoms with E-state index >= 15 is 0 Å². The van der Waals surface area contributed by atoms with Gasteiger partial charge in [0.1, 0.15) is 12.6 Å². The molecule has 0 aliphatic rings. The fourth-order valence-corrected chi connectivity index (χ4v) is 2.06. The molecule has 0 aromatic carbocycles. The van der Waals surface area contributed by atoms with Crippen molar-refractivity contribution in [3.63, 3.8) is 0 Å². The number of carbonyl (C=O) groups is 3. The highest BCUT2D eigenvalue weighted by Crippen LogP contribution is 2.04. The molecule has 0 unspecified atom stereocenters. The Morgan fingerprint density at radius 2 is 1.65 bits per heavy atom. The lowest BCUT2D eigenvalue weighted by Crippen LogP contribution is -2.54. The summed E-state index contributed by atoms with van der Waals surface area (Å²) < 4.78 is 0. The van der Waals surface area contributed by atoms with Crippen molar-refractivity contribution in [2.24, 2.45) is 5.92 Å². The fourth-order valence-electron chi connectivity index (χ4n) is 2.06. The van der Waals surface area contributed by atoms with Crippen molar-refractivity contribution < 1.29 is 14.4 Å². The van der Waals surface area contributed by atoms with Gasteiger partial charge in [0.25, 0.3) is 0 Å². The molecule has 3 N–H and O–H groups in total. The Morgan fingerprint density at radius 3 is 2.13 bits per heavy atom. The molecule has 7 heteroatoms. The second-order valence-electron chi connectivity index (χ2n) is 5.84. The SMILES string of the molecule is CCCNC(=O)CN(CCC)C(=O)N[C@H](C(=O)NCC)C(C)C. The van der Waals surface area contributed by atoms with Crippen molar-refractivity contribution in [2.75, 3.05) is 26.2 Å². The molecular weight excluding hydrogens is 296 g/mol. The summed E-state index contributed by atoms with van der Waals surface area (Å²) in [5.41, 5.74) is 0. The monoisotopic (exact) mass is 328 g/mol. The molecule has 0 spiro atoms. The molecule has 0 bridgehead atoms. The molecule has 0 fully saturated rings. The summed E-state index contributed by atoms with van der Waals surface area (Å²) >= 11 is 0. The van der Waals surface area contributed by atoms with Crippen LogP contribution >= 0.6 is 0 Å². The van der Waals surface area contributed by atoms with Crippen LogP contribution in [0.25, 0.3) is 0 Å². The third-order valence-electron chi connectivity index (χ3n) is 3.27. The van der Waals surface area contributed by atoms with Crippen molar-refractivity contribution in [1.29, 1.82) is 0 Å². The standard InChI is InChI=1S/C16H32N4O3/c1-6-9-18-13(21)11-20(10-7-2)16(23)19-14(12(4)5)15(22)17-8-3/h12,14H,6-11H2,1-5H3,(H,17,22)(H,18,21)(H,19,23)/t14-/m0/s1. The minimum absolute atomic E-state index is 0.000114. The number of hydrogen-bond acceptors (Lipinski definition) is 3. The minimum atomic E-state index is -0.611. The van der Waals surface area contributed by atoms with E-state index in [0.717, 1.165) is 12.8 Å². The quantitative estimate of drug-likeness (QED) is 0.561. The van der Waals surface area contributed by atoms with Crippen LogP contribution in [0.1, 0.15) is 47.5 Å². The second-order valence-corrected chi connectivity index (χ2v) is 5.84. The highest BCUT2D eigenvalue weighted by molar-refractivity contribution is 5.89. The predicted octanol–water partition coefficient (Wildman–Crippen LogP) is 1.09. The molecule has 0 saturated heterocycles. The van der Waals surface area contributed by atoms with Gasteiger partial charge in [-0.2, -0.15) is 0 Å². The van der Waals surface area contributed by atoms with Gasteiger partial charge in [0, 0.05) is 19.6 Å². The van der Waals surface area contributed by atoms with Crippen LogP contribution in [-0.2, 0) is 9.59 Å². The van der Waals surface area contributed by atoms with Crippen LogP contribution < -0.4 is 16.0 Å². The average Bonchev–Trinajstić information content (AvgIpc) is 2.49. The van der Waals surface area contributed by atoms with E-state index < -0.39 is 6.04 Å². The Labute approximate surface area is 139 Å². The van der Waals surface area contributed by atoms with E-state index in [-0.39, 0.29) is 30.3 Å². The van der Waals surface area contributed by atoms with Crippen LogP contribution in [0.5, 0.6) is 0 Å². The third kappa shape index (κ3) is 8.42. The summed E-state index contributed by atoms with van der Waals surface area (Å²) in [4.78, 5) is 37.7. The number of urea groups is 1. The van der Waals surface area contributed by atoms with Gasteiger partial charge in [-0.3, -0.25) is 9.59 Å². The lowest BCUT2D eigenvalue weighted by molar-refractivity contribution is -0.123. The van der Waals surface area contributed by atoms with Crippen LogP contribution in [0, 0.1) is 5.92 Å². The van der Waals surface area contributed by atoms with Gasteiger partial charge in [0.2, 0.25) is 11.8 Å². The van der Waals surface area contributed by atoms with Crippen LogP contribution in [0.3, 0.4) is 0 Å². The largest absolute Gasteiger partial charge is 0.355 e. The van der Waals surface area contributed by atoms with Gasteiger partial charge in [-0.1, -0.05) is 27.7 Å². The van der Waals surface area contributed by atoms with Gasteiger partial charge in [0.05, 0.1) is 0 Å². The number of likely N-dealkylation sites (N-methyl/N-ethyl adjacent to an activating group) is 1. The van der Waals surface area contributed by atoms with Gasteiger partial charge in [-0.05, 0) is 25.7 Å². The Morgan fingerprint density at radius 1 is 1.00 bits per heavy atom. The molecule has 0 rings (SSSR count). The van der Waals surface area contributed by atoms with E-state index in [1.54, 1.807) is 0 Å². The highest BCUT2D eigenvalue weighted by atomic mass is 16.2. The van der Waals surface area contributed by atoms with Gasteiger partial charge >= 0.3 is 6.03 Å². The first-order chi connectivity index (χ1) is 10.9. The molecule has 1 atom stereocenters. The predicted molar refractivity (Wildman–Crippen MR) is 91.0 cm³/mol. The summed E-state index contributed by atoms with van der Waals surface area (Å²) in [5, 5.41) is 8.22. The summed E-state index contributed by atoms with van der Waals surface area (Å²) in [6.07, 6.45) is 1.58. The van der Waals surface area contributed by atoms with Crippen molar-refractivity contribution >= 4 is 17.8 Å². The minimum Gasteiger partial charge on any atom is -0.355 e. The Balaban J connectivity index is 4.79. The average molecular weight is 328 g/mol. The number of rotatable bonds is 10. The van der Waals surface area contributed by atoms with Crippen LogP contribution in [0.2, 0.25) is 0 Å². The molecule has 7 nitrogen and oxygen atoms in total. The molecule has 0 aliphatic heterocycles. The molecule has 0 radical (unpaired) electrons. The zero-order chi connectivity index (χ0) is 17.8. The van der Waals surface area contributed by atoms with Crippen LogP contribution in [-0.4, -0.2) is 55.0 Å². The van der Waals surface area contributed by atoms with E-state index in [2.05, 4.69) is 16.0 Å². The number of nitrogens with zero attached hydrogens (tertiary/aromatic N) is 1. The lowest BCUT2D eigenvalue weighted by Gasteiger charge is -2.27. The molecule has 0 heterocycles. The summed E-state index contributed by atoms with van der Waals surface area (Å²) in [5.74, 6) is -0.430. The van der Waals surface area contributed by atoms with Gasteiger partial charge in [0.15, 0.2) is 0 Å². The number of nitrogens with one attached hydrogen (secondary N) is 3. The van der Waals surface area contributed by atoms with Crippen molar-refractivity contribution in [2.45, 2.75) is 53.5 Å².